The van der Waals surface area contributed by atoms with E-state index in [1.54, 1.807) is 0 Å². The topological polar surface area (TPSA) is 41.6 Å². The number of esters is 1. The summed E-state index contributed by atoms with van der Waals surface area (Å²) in [7, 11) is 2.03. The molecule has 1 saturated heterocycles. The number of carbonyl (C=O) groups excluding carboxylic acids is 1. The number of likely N-dealkylation sites (tertiary alicyclic amines) is 1. The monoisotopic (exact) mass is 352 g/mol. The van der Waals surface area contributed by atoms with Crippen LogP contribution >= 0.6 is 0 Å². The number of hydrogen-bond donors (Lipinski definition) is 1. The molecule has 0 spiro atoms. The van der Waals surface area contributed by atoms with E-state index in [-0.39, 0.29) is 5.97 Å². The van der Waals surface area contributed by atoms with Gasteiger partial charge in [-0.3, -0.25) is 4.90 Å². The van der Waals surface area contributed by atoms with Crippen molar-refractivity contribution in [1.82, 2.24) is 10.2 Å². The van der Waals surface area contributed by atoms with Crippen molar-refractivity contribution in [3.63, 3.8) is 0 Å². The predicted octanol–water partition coefficient (Wildman–Crippen LogP) is 3.71. The maximum Gasteiger partial charge on any atom is 0.338 e. The van der Waals surface area contributed by atoms with Crippen LogP contribution in [-0.2, 0) is 11.3 Å². The van der Waals surface area contributed by atoms with Crippen molar-refractivity contribution in [3.05, 3.63) is 59.7 Å². The molecule has 1 fully saturated rings. The van der Waals surface area contributed by atoms with E-state index in [0.717, 1.165) is 19.6 Å². The van der Waals surface area contributed by atoms with E-state index in [1.165, 1.54) is 29.5 Å². The van der Waals surface area contributed by atoms with E-state index in [4.69, 9.17) is 4.74 Å². The van der Waals surface area contributed by atoms with Crippen molar-refractivity contribution in [2.24, 2.45) is 0 Å². The number of benzene rings is 2. The molecular formula is C22H28N2O2. The molecule has 0 aliphatic carbocycles. The molecule has 2 aromatic rings. The molecule has 4 nitrogen and oxygen atoms in total. The Morgan fingerprint density at radius 2 is 2.04 bits per heavy atom. The minimum absolute atomic E-state index is 0.250. The molecule has 2 aromatic carbocycles. The highest BCUT2D eigenvalue weighted by Crippen LogP contribution is 2.27. The quantitative estimate of drug-likeness (QED) is 0.805. The van der Waals surface area contributed by atoms with Gasteiger partial charge in [-0.05, 0) is 62.2 Å². The molecule has 0 bridgehead atoms. The molecule has 26 heavy (non-hydrogen) atoms. The largest absolute Gasteiger partial charge is 0.462 e. The Kier molecular flexibility index (Phi) is 6.42. The van der Waals surface area contributed by atoms with Crippen molar-refractivity contribution in [3.8, 4) is 11.1 Å². The summed E-state index contributed by atoms with van der Waals surface area (Å²) in [6.45, 7) is 5.20. The van der Waals surface area contributed by atoms with Gasteiger partial charge in [-0.1, -0.05) is 36.4 Å². The van der Waals surface area contributed by atoms with Crippen LogP contribution in [0.3, 0.4) is 0 Å². The first-order chi connectivity index (χ1) is 12.7. The lowest BCUT2D eigenvalue weighted by Crippen LogP contribution is -2.43. The average molecular weight is 352 g/mol. The molecule has 1 unspecified atom stereocenters. The van der Waals surface area contributed by atoms with E-state index in [0.29, 0.717) is 18.2 Å². The zero-order valence-electron chi connectivity index (χ0n) is 15.7. The van der Waals surface area contributed by atoms with Crippen molar-refractivity contribution >= 4 is 5.97 Å². The van der Waals surface area contributed by atoms with Crippen molar-refractivity contribution in [1.29, 1.82) is 0 Å². The number of nitrogens with one attached hydrogen (secondary N) is 1. The van der Waals surface area contributed by atoms with Gasteiger partial charge in [-0.2, -0.15) is 0 Å². The fraction of sp³-hybridized carbons (Fsp3) is 0.409. The minimum Gasteiger partial charge on any atom is -0.462 e. The van der Waals surface area contributed by atoms with Gasteiger partial charge in [0.05, 0.1) is 12.2 Å². The number of likely N-dealkylation sites (N-methyl/N-ethyl adjacent to an activating group) is 1. The third kappa shape index (κ3) is 4.51. The molecule has 0 radical (unpaired) electrons. The van der Waals surface area contributed by atoms with E-state index in [9.17, 15) is 4.79 Å². The summed E-state index contributed by atoms with van der Waals surface area (Å²) in [5.74, 6) is -0.250. The van der Waals surface area contributed by atoms with E-state index >= 15 is 0 Å². The Bertz CT molecular complexity index is 730. The number of carbonyl (C=O) groups is 1. The molecule has 1 N–H and O–H groups in total. The standard InChI is InChI=1S/C22H28N2O2/c1-3-26-22(25)18-11-12-21(17-8-5-4-6-9-17)19(14-18)15-24-13-7-10-20(16-24)23-2/h4-6,8-9,11-12,14,20,23H,3,7,10,13,15-16H2,1-2H3. The predicted molar refractivity (Wildman–Crippen MR) is 105 cm³/mol. The molecule has 1 aliphatic heterocycles. The summed E-state index contributed by atoms with van der Waals surface area (Å²) < 4.78 is 5.19. The van der Waals surface area contributed by atoms with Crippen LogP contribution in [0.25, 0.3) is 11.1 Å². The Hall–Kier alpha value is -2.17. The SMILES string of the molecule is CCOC(=O)c1ccc(-c2ccccc2)c(CN2CCCC(NC)C2)c1. The molecule has 1 heterocycles. The van der Waals surface area contributed by atoms with Crippen LogP contribution in [0.5, 0.6) is 0 Å². The fourth-order valence-corrected chi connectivity index (χ4v) is 3.64. The van der Waals surface area contributed by atoms with Gasteiger partial charge in [-0.25, -0.2) is 4.79 Å². The summed E-state index contributed by atoms with van der Waals surface area (Å²) >= 11 is 0. The first-order valence-electron chi connectivity index (χ1n) is 9.46. The van der Waals surface area contributed by atoms with Gasteiger partial charge in [0.1, 0.15) is 0 Å². The second kappa shape index (κ2) is 8.97. The third-order valence-electron chi connectivity index (χ3n) is 5.01. The fourth-order valence-electron chi connectivity index (χ4n) is 3.64. The first-order valence-corrected chi connectivity index (χ1v) is 9.46. The van der Waals surface area contributed by atoms with Crippen LogP contribution in [0.2, 0.25) is 0 Å². The molecule has 4 heteroatoms. The highest BCUT2D eigenvalue weighted by Gasteiger charge is 2.20. The number of nitrogens with zero attached hydrogens (tertiary/aromatic N) is 1. The van der Waals surface area contributed by atoms with Crippen LogP contribution in [-0.4, -0.2) is 43.7 Å². The van der Waals surface area contributed by atoms with Gasteiger partial charge in [0, 0.05) is 19.1 Å². The Morgan fingerprint density at radius 3 is 2.77 bits per heavy atom. The van der Waals surface area contributed by atoms with Crippen LogP contribution in [0.1, 0.15) is 35.7 Å². The van der Waals surface area contributed by atoms with Gasteiger partial charge in [0.25, 0.3) is 0 Å². The van der Waals surface area contributed by atoms with Gasteiger partial charge >= 0.3 is 5.97 Å². The van der Waals surface area contributed by atoms with Gasteiger partial charge in [-0.15, -0.1) is 0 Å². The van der Waals surface area contributed by atoms with Gasteiger partial charge < -0.3 is 10.1 Å². The maximum atomic E-state index is 12.2. The smallest absolute Gasteiger partial charge is 0.338 e. The molecule has 0 amide bonds. The summed E-state index contributed by atoms with van der Waals surface area (Å²) in [5, 5.41) is 3.40. The van der Waals surface area contributed by atoms with Crippen LogP contribution in [0.4, 0.5) is 0 Å². The van der Waals surface area contributed by atoms with Gasteiger partial charge in [0.2, 0.25) is 0 Å². The first kappa shape index (κ1) is 18.6. The molecule has 138 valence electrons. The van der Waals surface area contributed by atoms with Crippen LogP contribution in [0.15, 0.2) is 48.5 Å². The summed E-state index contributed by atoms with van der Waals surface area (Å²) in [6.07, 6.45) is 2.42. The van der Waals surface area contributed by atoms with Crippen LogP contribution < -0.4 is 5.32 Å². The molecule has 0 aromatic heterocycles. The number of hydrogen-bond acceptors (Lipinski definition) is 4. The zero-order chi connectivity index (χ0) is 18.4. The molecular weight excluding hydrogens is 324 g/mol. The Labute approximate surface area is 156 Å². The summed E-state index contributed by atoms with van der Waals surface area (Å²) in [4.78, 5) is 14.7. The third-order valence-corrected chi connectivity index (χ3v) is 5.01. The highest BCUT2D eigenvalue weighted by atomic mass is 16.5. The van der Waals surface area contributed by atoms with Crippen molar-refractivity contribution < 1.29 is 9.53 Å². The second-order valence-electron chi connectivity index (χ2n) is 6.82. The maximum absolute atomic E-state index is 12.2. The summed E-state index contributed by atoms with van der Waals surface area (Å²) in [6, 6.07) is 16.8. The molecule has 3 rings (SSSR count). The number of ether oxygens (including phenoxy) is 1. The Balaban J connectivity index is 1.90. The summed E-state index contributed by atoms with van der Waals surface area (Å²) in [5.41, 5.74) is 4.17. The average Bonchev–Trinajstić information content (AvgIpc) is 2.69. The lowest BCUT2D eigenvalue weighted by molar-refractivity contribution is 0.0526. The number of rotatable bonds is 6. The lowest BCUT2D eigenvalue weighted by atomic mass is 9.96. The normalized spacial score (nSPS) is 17.8. The Morgan fingerprint density at radius 1 is 1.23 bits per heavy atom. The zero-order valence-corrected chi connectivity index (χ0v) is 15.7. The molecule has 1 atom stereocenters. The van der Waals surface area contributed by atoms with Crippen LogP contribution in [0, 0.1) is 0 Å². The van der Waals surface area contributed by atoms with Gasteiger partial charge in [0.15, 0.2) is 0 Å². The van der Waals surface area contributed by atoms with E-state index < -0.39 is 0 Å². The highest BCUT2D eigenvalue weighted by molar-refractivity contribution is 5.90. The van der Waals surface area contributed by atoms with E-state index in [1.807, 2.05) is 32.2 Å². The lowest BCUT2D eigenvalue weighted by Gasteiger charge is -2.33. The minimum atomic E-state index is -0.250. The number of piperidine rings is 1. The molecule has 1 aliphatic rings. The van der Waals surface area contributed by atoms with Crippen molar-refractivity contribution in [2.45, 2.75) is 32.4 Å². The molecule has 0 saturated carbocycles. The second-order valence-corrected chi connectivity index (χ2v) is 6.82. The van der Waals surface area contributed by atoms with Crippen molar-refractivity contribution in [2.75, 3.05) is 26.7 Å². The van der Waals surface area contributed by atoms with E-state index in [2.05, 4.69) is 40.5 Å².